The van der Waals surface area contributed by atoms with Gasteiger partial charge in [-0.15, -0.1) is 11.3 Å². The summed E-state index contributed by atoms with van der Waals surface area (Å²) in [5.41, 5.74) is 6.61. The maximum Gasteiger partial charge on any atom is 0.263 e. The largest absolute Gasteiger partial charge is 0.397 e. The summed E-state index contributed by atoms with van der Waals surface area (Å²) in [6, 6.07) is 7.82. The predicted molar refractivity (Wildman–Crippen MR) is 81.5 cm³/mol. The Labute approximate surface area is 115 Å². The molecular formula is C13H16N2OS2. The summed E-state index contributed by atoms with van der Waals surface area (Å²) >= 11 is 3.18. The number of nitrogens with two attached hydrogens (primary N) is 1. The van der Waals surface area contributed by atoms with Crippen molar-refractivity contribution in [1.82, 2.24) is 5.32 Å². The Bertz CT molecular complexity index is 565. The Balaban J connectivity index is 2.20. The Morgan fingerprint density at radius 3 is 2.89 bits per heavy atom. The summed E-state index contributed by atoms with van der Waals surface area (Å²) < 4.78 is 1.05. The predicted octanol–water partition coefficient (Wildman–Crippen LogP) is 2.96. The van der Waals surface area contributed by atoms with E-state index in [-0.39, 0.29) is 5.91 Å². The maximum atomic E-state index is 12.1. The van der Waals surface area contributed by atoms with Crippen molar-refractivity contribution in [2.45, 2.75) is 12.2 Å². The van der Waals surface area contributed by atoms with Gasteiger partial charge in [-0.3, -0.25) is 4.79 Å². The van der Waals surface area contributed by atoms with Crippen LogP contribution >= 0.6 is 23.1 Å². The molecule has 5 heteroatoms. The lowest BCUT2D eigenvalue weighted by molar-refractivity contribution is 0.0959. The third-order valence-corrected chi connectivity index (χ3v) is 4.95. The Hall–Kier alpha value is -1.20. The van der Waals surface area contributed by atoms with Gasteiger partial charge < -0.3 is 11.1 Å². The fraction of sp³-hybridized carbons (Fsp3) is 0.308. The van der Waals surface area contributed by atoms with Crippen molar-refractivity contribution in [3.63, 3.8) is 0 Å². The summed E-state index contributed by atoms with van der Waals surface area (Å²) in [5.74, 6) is -0.0744. The van der Waals surface area contributed by atoms with E-state index in [1.165, 1.54) is 11.3 Å². The minimum atomic E-state index is -0.0744. The van der Waals surface area contributed by atoms with Gasteiger partial charge in [-0.05, 0) is 12.3 Å². The average Bonchev–Trinajstić information content (AvgIpc) is 2.73. The zero-order valence-electron chi connectivity index (χ0n) is 10.4. The number of nitrogens with one attached hydrogen (secondary N) is 1. The van der Waals surface area contributed by atoms with Gasteiger partial charge in [0, 0.05) is 21.9 Å². The van der Waals surface area contributed by atoms with Crippen LogP contribution < -0.4 is 11.1 Å². The van der Waals surface area contributed by atoms with Gasteiger partial charge in [0.1, 0.15) is 4.88 Å². The van der Waals surface area contributed by atoms with E-state index in [2.05, 4.69) is 12.2 Å². The highest BCUT2D eigenvalue weighted by Crippen LogP contribution is 2.33. The molecule has 18 heavy (non-hydrogen) atoms. The third kappa shape index (κ3) is 2.62. The quantitative estimate of drug-likeness (QED) is 0.905. The Kier molecular flexibility index (Phi) is 4.14. The topological polar surface area (TPSA) is 55.1 Å². The molecule has 0 spiro atoms. The van der Waals surface area contributed by atoms with Gasteiger partial charge in [-0.25, -0.2) is 0 Å². The molecule has 1 unspecified atom stereocenters. The molecule has 3 N–H and O–H groups in total. The van der Waals surface area contributed by atoms with E-state index in [4.69, 9.17) is 5.73 Å². The van der Waals surface area contributed by atoms with Crippen molar-refractivity contribution >= 4 is 44.8 Å². The number of nitrogen functional groups attached to an aromatic ring is 1. The van der Waals surface area contributed by atoms with E-state index in [0.717, 1.165) is 10.1 Å². The second-order valence-corrected chi connectivity index (χ2v) is 6.43. The zero-order chi connectivity index (χ0) is 13.1. The number of hydrogen-bond acceptors (Lipinski definition) is 4. The molecule has 1 heterocycles. The molecule has 3 nitrogen and oxygen atoms in total. The van der Waals surface area contributed by atoms with Crippen molar-refractivity contribution in [1.29, 1.82) is 0 Å². The van der Waals surface area contributed by atoms with Crippen LogP contribution in [-0.4, -0.2) is 24.0 Å². The van der Waals surface area contributed by atoms with Gasteiger partial charge in [-0.2, -0.15) is 11.8 Å². The highest BCUT2D eigenvalue weighted by molar-refractivity contribution is 7.99. The molecule has 1 amide bonds. The first kappa shape index (κ1) is 13.2. The lowest BCUT2D eigenvalue weighted by Gasteiger charge is -2.09. The van der Waals surface area contributed by atoms with E-state index in [0.29, 0.717) is 22.4 Å². The van der Waals surface area contributed by atoms with Gasteiger partial charge in [0.05, 0.1) is 5.69 Å². The monoisotopic (exact) mass is 280 g/mol. The second kappa shape index (κ2) is 5.63. The van der Waals surface area contributed by atoms with Crippen LogP contribution in [0, 0.1) is 0 Å². The van der Waals surface area contributed by atoms with Gasteiger partial charge in [0.25, 0.3) is 5.91 Å². The molecule has 0 saturated carbocycles. The van der Waals surface area contributed by atoms with E-state index in [1.807, 2.05) is 30.5 Å². The van der Waals surface area contributed by atoms with Gasteiger partial charge in [0.15, 0.2) is 0 Å². The summed E-state index contributed by atoms with van der Waals surface area (Å²) in [7, 11) is 0. The number of thiophene rings is 1. The van der Waals surface area contributed by atoms with Gasteiger partial charge in [-0.1, -0.05) is 25.1 Å². The minimum Gasteiger partial charge on any atom is -0.397 e. The van der Waals surface area contributed by atoms with Crippen LogP contribution in [0.4, 0.5) is 5.69 Å². The number of fused-ring (bicyclic) bond motifs is 1. The highest BCUT2D eigenvalue weighted by atomic mass is 32.2. The first-order valence-corrected chi connectivity index (χ1v) is 7.82. The second-order valence-electron chi connectivity index (χ2n) is 4.10. The number of amides is 1. The van der Waals surface area contributed by atoms with E-state index in [1.54, 1.807) is 11.8 Å². The number of benzene rings is 1. The third-order valence-electron chi connectivity index (χ3n) is 2.79. The molecule has 2 rings (SSSR count). The normalized spacial score (nSPS) is 12.6. The van der Waals surface area contributed by atoms with Crippen LogP contribution in [-0.2, 0) is 0 Å². The van der Waals surface area contributed by atoms with Crippen molar-refractivity contribution in [2.75, 3.05) is 18.5 Å². The van der Waals surface area contributed by atoms with Crippen LogP contribution in [0.3, 0.4) is 0 Å². The lowest BCUT2D eigenvalue weighted by Crippen LogP contribution is -2.29. The van der Waals surface area contributed by atoms with Crippen LogP contribution in [0.2, 0.25) is 0 Å². The van der Waals surface area contributed by atoms with Crippen LogP contribution in [0.5, 0.6) is 0 Å². The fourth-order valence-corrected chi connectivity index (χ4v) is 2.92. The van der Waals surface area contributed by atoms with Crippen molar-refractivity contribution in [3.8, 4) is 0 Å². The molecule has 1 aromatic carbocycles. The Morgan fingerprint density at radius 1 is 1.50 bits per heavy atom. The zero-order valence-corrected chi connectivity index (χ0v) is 12.0. The first-order valence-electron chi connectivity index (χ1n) is 5.71. The van der Waals surface area contributed by atoms with Crippen LogP contribution in [0.15, 0.2) is 24.3 Å². The maximum absolute atomic E-state index is 12.1. The Morgan fingerprint density at radius 2 is 2.22 bits per heavy atom. The van der Waals surface area contributed by atoms with Crippen LogP contribution in [0.1, 0.15) is 16.6 Å². The van der Waals surface area contributed by atoms with Crippen molar-refractivity contribution in [3.05, 3.63) is 29.1 Å². The molecule has 0 aliphatic heterocycles. The summed E-state index contributed by atoms with van der Waals surface area (Å²) in [5, 5.41) is 4.29. The van der Waals surface area contributed by atoms with E-state index < -0.39 is 0 Å². The molecule has 0 radical (unpaired) electrons. The highest BCUT2D eigenvalue weighted by Gasteiger charge is 2.16. The number of hydrogen-bond donors (Lipinski definition) is 2. The summed E-state index contributed by atoms with van der Waals surface area (Å²) in [6.45, 7) is 2.74. The van der Waals surface area contributed by atoms with Gasteiger partial charge >= 0.3 is 0 Å². The fourth-order valence-electron chi connectivity index (χ4n) is 1.63. The number of carbonyl (C=O) groups is 1. The number of carbonyl (C=O) groups excluding carboxylic acids is 1. The lowest BCUT2D eigenvalue weighted by atomic mass is 10.2. The molecule has 96 valence electrons. The summed E-state index contributed by atoms with van der Waals surface area (Å²) in [4.78, 5) is 12.7. The molecule has 2 aromatic rings. The molecule has 0 saturated heterocycles. The molecular weight excluding hydrogens is 264 g/mol. The minimum absolute atomic E-state index is 0.0744. The van der Waals surface area contributed by atoms with Crippen molar-refractivity contribution < 1.29 is 4.79 Å². The summed E-state index contributed by atoms with van der Waals surface area (Å²) in [6.07, 6.45) is 2.03. The SMILES string of the molecule is CSC(C)CNC(=O)c1sc2ccccc2c1N. The first-order chi connectivity index (χ1) is 8.63. The number of thioether (sulfide) groups is 1. The molecule has 0 fully saturated rings. The number of anilines is 1. The standard InChI is InChI=1S/C13H16N2OS2/c1-8(17-2)7-15-13(16)12-11(14)9-5-3-4-6-10(9)18-12/h3-6,8H,7,14H2,1-2H3,(H,15,16). The van der Waals surface area contributed by atoms with E-state index in [9.17, 15) is 4.79 Å². The van der Waals surface area contributed by atoms with Crippen LogP contribution in [0.25, 0.3) is 10.1 Å². The van der Waals surface area contributed by atoms with E-state index >= 15 is 0 Å². The molecule has 0 aliphatic rings. The smallest absolute Gasteiger partial charge is 0.263 e. The molecule has 1 aromatic heterocycles. The number of rotatable bonds is 4. The van der Waals surface area contributed by atoms with Crippen molar-refractivity contribution in [2.24, 2.45) is 0 Å². The molecule has 0 bridgehead atoms. The molecule has 1 atom stereocenters. The van der Waals surface area contributed by atoms with Gasteiger partial charge in [0.2, 0.25) is 0 Å². The average molecular weight is 280 g/mol. The molecule has 0 aliphatic carbocycles.